The number of anilines is 1. The van der Waals surface area contributed by atoms with Gasteiger partial charge in [0.25, 0.3) is 0 Å². The summed E-state index contributed by atoms with van der Waals surface area (Å²) in [6.45, 7) is 7.08. The van der Waals surface area contributed by atoms with E-state index in [-0.39, 0.29) is 12.5 Å². The largest absolute Gasteiger partial charge is 0.368 e. The maximum absolute atomic E-state index is 11.0. The maximum atomic E-state index is 11.0. The molecule has 1 aromatic rings. The predicted octanol–water partition coefficient (Wildman–Crippen LogP) is 0.148. The summed E-state index contributed by atoms with van der Waals surface area (Å²) >= 11 is 0. The van der Waals surface area contributed by atoms with Crippen molar-refractivity contribution in [2.45, 2.75) is 33.4 Å². The molecule has 0 saturated heterocycles. The molecule has 3 N–H and O–H groups in total. The van der Waals surface area contributed by atoms with Crippen molar-refractivity contribution in [3.05, 3.63) is 11.3 Å². The SMILES string of the molecule is Cc1nn(C)c(N(C)CC(N)=O)c1CNC(C)C. The fraction of sp³-hybridized carbons (Fsp3) is 0.667. The molecule has 18 heavy (non-hydrogen) atoms. The van der Waals surface area contributed by atoms with Crippen LogP contribution in [0.4, 0.5) is 5.82 Å². The normalized spacial score (nSPS) is 11.0. The van der Waals surface area contributed by atoms with E-state index in [0.29, 0.717) is 6.04 Å². The number of carbonyl (C=O) groups excluding carboxylic acids is 1. The van der Waals surface area contributed by atoms with Crippen LogP contribution in [0.5, 0.6) is 0 Å². The number of nitrogens with zero attached hydrogens (tertiary/aromatic N) is 3. The summed E-state index contributed by atoms with van der Waals surface area (Å²) in [6, 6.07) is 0.402. The smallest absolute Gasteiger partial charge is 0.236 e. The lowest BCUT2D eigenvalue weighted by atomic mass is 10.2. The molecule has 1 rings (SSSR count). The van der Waals surface area contributed by atoms with Crippen LogP contribution in [0, 0.1) is 6.92 Å². The highest BCUT2D eigenvalue weighted by atomic mass is 16.1. The van der Waals surface area contributed by atoms with Crippen molar-refractivity contribution in [2.75, 3.05) is 18.5 Å². The number of nitrogens with two attached hydrogens (primary N) is 1. The molecule has 1 aromatic heterocycles. The van der Waals surface area contributed by atoms with Crippen molar-refractivity contribution in [2.24, 2.45) is 12.8 Å². The number of hydrogen-bond donors (Lipinski definition) is 2. The van der Waals surface area contributed by atoms with Gasteiger partial charge in [-0.1, -0.05) is 13.8 Å². The Bertz CT molecular complexity index is 424. The van der Waals surface area contributed by atoms with E-state index in [1.54, 1.807) is 4.68 Å². The number of aromatic nitrogens is 2. The average Bonchev–Trinajstić information content (AvgIpc) is 2.49. The lowest BCUT2D eigenvalue weighted by molar-refractivity contribution is -0.116. The molecule has 1 heterocycles. The van der Waals surface area contributed by atoms with Gasteiger partial charge >= 0.3 is 0 Å². The molecule has 0 spiro atoms. The van der Waals surface area contributed by atoms with E-state index in [1.165, 1.54) is 0 Å². The van der Waals surface area contributed by atoms with Gasteiger partial charge in [-0.3, -0.25) is 9.48 Å². The Balaban J connectivity index is 2.97. The Kier molecular flexibility index (Phi) is 4.72. The van der Waals surface area contributed by atoms with Crippen LogP contribution >= 0.6 is 0 Å². The van der Waals surface area contributed by atoms with Gasteiger partial charge in [0.2, 0.25) is 5.91 Å². The minimum absolute atomic E-state index is 0.188. The highest BCUT2D eigenvalue weighted by Crippen LogP contribution is 2.21. The van der Waals surface area contributed by atoms with E-state index < -0.39 is 0 Å². The van der Waals surface area contributed by atoms with E-state index >= 15 is 0 Å². The highest BCUT2D eigenvalue weighted by molar-refractivity contribution is 5.79. The first-order valence-corrected chi connectivity index (χ1v) is 6.08. The molecule has 0 aromatic carbocycles. The molecule has 0 unspecified atom stereocenters. The molecule has 0 aliphatic heterocycles. The summed E-state index contributed by atoms with van der Waals surface area (Å²) in [5, 5.41) is 7.77. The minimum Gasteiger partial charge on any atom is -0.368 e. The first-order valence-electron chi connectivity index (χ1n) is 6.08. The average molecular weight is 253 g/mol. The maximum Gasteiger partial charge on any atom is 0.236 e. The highest BCUT2D eigenvalue weighted by Gasteiger charge is 2.17. The summed E-state index contributed by atoms with van der Waals surface area (Å²) in [5.74, 6) is 0.582. The fourth-order valence-corrected chi connectivity index (χ4v) is 1.99. The van der Waals surface area contributed by atoms with E-state index in [4.69, 9.17) is 5.73 Å². The second-order valence-corrected chi connectivity index (χ2v) is 4.87. The summed E-state index contributed by atoms with van der Waals surface area (Å²) in [6.07, 6.45) is 0. The fourth-order valence-electron chi connectivity index (χ4n) is 1.99. The van der Waals surface area contributed by atoms with Gasteiger partial charge in [0.05, 0.1) is 12.2 Å². The van der Waals surface area contributed by atoms with Crippen molar-refractivity contribution < 1.29 is 4.79 Å². The Hall–Kier alpha value is -1.56. The molecule has 1 amide bonds. The number of likely N-dealkylation sites (N-methyl/N-ethyl adjacent to an activating group) is 1. The zero-order chi connectivity index (χ0) is 13.9. The molecule has 0 aliphatic rings. The monoisotopic (exact) mass is 253 g/mol. The predicted molar refractivity (Wildman–Crippen MR) is 72.4 cm³/mol. The van der Waals surface area contributed by atoms with Crippen LogP contribution < -0.4 is 16.0 Å². The Morgan fingerprint density at radius 1 is 1.56 bits per heavy atom. The Morgan fingerprint density at radius 3 is 2.67 bits per heavy atom. The number of primary amides is 1. The second-order valence-electron chi connectivity index (χ2n) is 4.87. The minimum atomic E-state index is -0.348. The van der Waals surface area contributed by atoms with Gasteiger partial charge in [0.1, 0.15) is 5.82 Å². The van der Waals surface area contributed by atoms with Crippen LogP contribution in [0.1, 0.15) is 25.1 Å². The lowest BCUT2D eigenvalue weighted by Gasteiger charge is -2.20. The number of aryl methyl sites for hydroxylation is 2. The van der Waals surface area contributed by atoms with Crippen LogP contribution in [-0.2, 0) is 18.4 Å². The van der Waals surface area contributed by atoms with Gasteiger partial charge in [0, 0.05) is 32.2 Å². The van der Waals surface area contributed by atoms with Crippen LogP contribution in [0.25, 0.3) is 0 Å². The summed E-state index contributed by atoms with van der Waals surface area (Å²) < 4.78 is 1.79. The van der Waals surface area contributed by atoms with Crippen molar-refractivity contribution in [3.8, 4) is 0 Å². The van der Waals surface area contributed by atoms with Crippen molar-refractivity contribution in [1.82, 2.24) is 15.1 Å². The third kappa shape index (κ3) is 3.46. The Morgan fingerprint density at radius 2 is 2.17 bits per heavy atom. The second kappa shape index (κ2) is 5.86. The standard InChI is InChI=1S/C12H23N5O/c1-8(2)14-6-10-9(3)15-17(5)12(10)16(4)7-11(13)18/h8,14H,6-7H2,1-5H3,(H2,13,18). The molecule has 6 nitrogen and oxygen atoms in total. The van der Waals surface area contributed by atoms with Gasteiger partial charge in [-0.15, -0.1) is 0 Å². The van der Waals surface area contributed by atoms with Gasteiger partial charge in [-0.05, 0) is 6.92 Å². The quantitative estimate of drug-likeness (QED) is 0.756. The van der Waals surface area contributed by atoms with E-state index in [1.807, 2.05) is 25.9 Å². The molecule has 0 radical (unpaired) electrons. The molecule has 0 bridgehead atoms. The van der Waals surface area contributed by atoms with Crippen LogP contribution in [0.2, 0.25) is 0 Å². The first-order chi connectivity index (χ1) is 8.32. The van der Waals surface area contributed by atoms with Gasteiger partial charge in [0.15, 0.2) is 0 Å². The molecule has 0 aliphatic carbocycles. The molecule has 0 saturated carbocycles. The summed E-state index contributed by atoms with van der Waals surface area (Å²) in [5.41, 5.74) is 7.31. The van der Waals surface area contributed by atoms with Gasteiger partial charge < -0.3 is 16.0 Å². The van der Waals surface area contributed by atoms with Crippen molar-refractivity contribution in [1.29, 1.82) is 0 Å². The number of rotatable bonds is 6. The summed E-state index contributed by atoms with van der Waals surface area (Å²) in [4.78, 5) is 12.8. The third-order valence-corrected chi connectivity index (χ3v) is 2.75. The molecule has 0 atom stereocenters. The molecular formula is C12H23N5O. The van der Waals surface area contributed by atoms with Crippen LogP contribution in [0.3, 0.4) is 0 Å². The zero-order valence-corrected chi connectivity index (χ0v) is 11.8. The van der Waals surface area contributed by atoms with Crippen molar-refractivity contribution >= 4 is 11.7 Å². The van der Waals surface area contributed by atoms with Crippen LogP contribution in [0.15, 0.2) is 0 Å². The van der Waals surface area contributed by atoms with Gasteiger partial charge in [-0.25, -0.2) is 0 Å². The topological polar surface area (TPSA) is 76.2 Å². The number of nitrogens with one attached hydrogen (secondary N) is 1. The van der Waals surface area contributed by atoms with Gasteiger partial charge in [-0.2, -0.15) is 5.10 Å². The molecule has 0 fully saturated rings. The Labute approximate surface area is 108 Å². The lowest BCUT2D eigenvalue weighted by Crippen LogP contribution is -2.33. The number of carbonyl (C=O) groups is 1. The molecular weight excluding hydrogens is 230 g/mol. The van der Waals surface area contributed by atoms with E-state index in [0.717, 1.165) is 23.6 Å². The van der Waals surface area contributed by atoms with E-state index in [2.05, 4.69) is 24.3 Å². The van der Waals surface area contributed by atoms with Crippen molar-refractivity contribution in [3.63, 3.8) is 0 Å². The molecule has 102 valence electrons. The number of hydrogen-bond acceptors (Lipinski definition) is 4. The number of amides is 1. The first kappa shape index (κ1) is 14.5. The van der Waals surface area contributed by atoms with E-state index in [9.17, 15) is 4.79 Å². The zero-order valence-electron chi connectivity index (χ0n) is 11.8. The third-order valence-electron chi connectivity index (χ3n) is 2.75. The summed E-state index contributed by atoms with van der Waals surface area (Å²) in [7, 11) is 3.72. The molecule has 6 heteroatoms. The van der Waals surface area contributed by atoms with Crippen LogP contribution in [-0.4, -0.2) is 35.3 Å².